The van der Waals surface area contributed by atoms with E-state index in [2.05, 4.69) is 15.9 Å². The van der Waals surface area contributed by atoms with Crippen molar-refractivity contribution < 1.29 is 8.78 Å². The molecule has 0 spiro atoms. The van der Waals surface area contributed by atoms with Crippen LogP contribution in [-0.4, -0.2) is 0 Å². The van der Waals surface area contributed by atoms with E-state index in [0.717, 1.165) is 5.56 Å². The molecular weight excluding hydrogens is 369 g/mol. The maximum atomic E-state index is 14.0. The minimum absolute atomic E-state index is 0.0380. The lowest BCUT2D eigenvalue weighted by molar-refractivity contribution is 0.548. The Kier molecular flexibility index (Phi) is 5.05. The van der Waals surface area contributed by atoms with Gasteiger partial charge in [0.2, 0.25) is 0 Å². The molecule has 0 heterocycles. The Labute approximate surface area is 134 Å². The lowest BCUT2D eigenvalue weighted by Crippen LogP contribution is -2.04. The summed E-state index contributed by atoms with van der Waals surface area (Å²) in [4.78, 5) is -0.473. The van der Waals surface area contributed by atoms with Crippen LogP contribution in [0.2, 0.25) is 10.0 Å². The first kappa shape index (κ1) is 15.7. The van der Waals surface area contributed by atoms with Crippen LogP contribution in [0.4, 0.5) is 8.78 Å². The summed E-state index contributed by atoms with van der Waals surface area (Å²) in [5.41, 5.74) is 1.30. The molecule has 0 saturated heterocycles. The topological polar surface area (TPSA) is 0 Å². The van der Waals surface area contributed by atoms with Crippen LogP contribution < -0.4 is 0 Å². The standard InChI is InChI=1S/C15H11BrCl2F2/c1-8-2-5-13(19)14(15(8)20)10(16)6-9-3-4-11(17)12(18)7-9/h2-5,7,10H,6H2,1H3. The molecule has 2 rings (SSSR count). The molecule has 106 valence electrons. The molecule has 0 radical (unpaired) electrons. The molecule has 0 aliphatic rings. The van der Waals surface area contributed by atoms with Crippen molar-refractivity contribution in [1.82, 2.24) is 0 Å². The molecule has 0 aromatic heterocycles. The third kappa shape index (κ3) is 3.33. The molecule has 5 heteroatoms. The zero-order chi connectivity index (χ0) is 14.9. The molecule has 0 bridgehead atoms. The van der Waals surface area contributed by atoms with Gasteiger partial charge in [0.05, 0.1) is 10.0 Å². The first-order valence-electron chi connectivity index (χ1n) is 5.92. The van der Waals surface area contributed by atoms with Crippen LogP contribution in [-0.2, 0) is 6.42 Å². The quantitative estimate of drug-likeness (QED) is 0.552. The van der Waals surface area contributed by atoms with Crippen LogP contribution in [0, 0.1) is 18.6 Å². The smallest absolute Gasteiger partial charge is 0.133 e. The Balaban J connectivity index is 2.30. The van der Waals surface area contributed by atoms with Crippen molar-refractivity contribution in [3.05, 3.63) is 68.7 Å². The molecule has 0 N–H and O–H groups in total. The fourth-order valence-corrected chi connectivity index (χ4v) is 3.06. The monoisotopic (exact) mass is 378 g/mol. The second kappa shape index (κ2) is 6.42. The van der Waals surface area contributed by atoms with Crippen LogP contribution in [0.3, 0.4) is 0 Å². The highest BCUT2D eigenvalue weighted by Gasteiger charge is 2.20. The lowest BCUT2D eigenvalue weighted by atomic mass is 10.0. The number of hydrogen-bond donors (Lipinski definition) is 0. The molecule has 2 aromatic rings. The van der Waals surface area contributed by atoms with Gasteiger partial charge in [0.25, 0.3) is 0 Å². The molecule has 0 nitrogen and oxygen atoms in total. The number of aryl methyl sites for hydroxylation is 1. The molecular formula is C15H11BrCl2F2. The second-order valence-corrected chi connectivity index (χ2v) is 6.43. The predicted octanol–water partition coefficient (Wildman–Crippen LogP) is 6.26. The third-order valence-electron chi connectivity index (χ3n) is 3.03. The van der Waals surface area contributed by atoms with Crippen LogP contribution >= 0.6 is 39.1 Å². The molecule has 0 saturated carbocycles. The summed E-state index contributed by atoms with van der Waals surface area (Å²) in [6.45, 7) is 1.61. The van der Waals surface area contributed by atoms with Gasteiger partial charge in [-0.15, -0.1) is 0 Å². The van der Waals surface area contributed by atoms with Gasteiger partial charge in [-0.1, -0.05) is 51.3 Å². The molecule has 2 aromatic carbocycles. The average molecular weight is 380 g/mol. The van der Waals surface area contributed by atoms with Gasteiger partial charge >= 0.3 is 0 Å². The van der Waals surface area contributed by atoms with Gasteiger partial charge in [0.1, 0.15) is 11.6 Å². The minimum Gasteiger partial charge on any atom is -0.207 e. The Bertz CT molecular complexity index is 644. The van der Waals surface area contributed by atoms with Crippen molar-refractivity contribution in [2.24, 2.45) is 0 Å². The van der Waals surface area contributed by atoms with E-state index in [9.17, 15) is 8.78 Å². The molecule has 0 amide bonds. The summed E-state index contributed by atoms with van der Waals surface area (Å²) in [7, 11) is 0. The van der Waals surface area contributed by atoms with Crippen molar-refractivity contribution in [2.75, 3.05) is 0 Å². The second-order valence-electron chi connectivity index (χ2n) is 4.51. The van der Waals surface area contributed by atoms with Gasteiger partial charge in [-0.25, -0.2) is 8.78 Å². The highest BCUT2D eigenvalue weighted by atomic mass is 79.9. The largest absolute Gasteiger partial charge is 0.207 e. The molecule has 20 heavy (non-hydrogen) atoms. The van der Waals surface area contributed by atoms with Gasteiger partial charge in [-0.05, 0) is 42.7 Å². The van der Waals surface area contributed by atoms with Crippen LogP contribution in [0.25, 0.3) is 0 Å². The van der Waals surface area contributed by atoms with E-state index in [0.29, 0.717) is 22.0 Å². The lowest BCUT2D eigenvalue weighted by Gasteiger charge is -2.14. The van der Waals surface area contributed by atoms with E-state index in [1.807, 2.05) is 0 Å². The summed E-state index contributed by atoms with van der Waals surface area (Å²) in [6.07, 6.45) is 0.411. The van der Waals surface area contributed by atoms with E-state index in [4.69, 9.17) is 23.2 Å². The third-order valence-corrected chi connectivity index (χ3v) is 4.55. The van der Waals surface area contributed by atoms with Gasteiger partial charge in [-0.3, -0.25) is 0 Å². The predicted molar refractivity (Wildman–Crippen MR) is 82.9 cm³/mol. The van der Waals surface area contributed by atoms with Gasteiger partial charge in [0.15, 0.2) is 0 Å². The Morgan fingerprint density at radius 2 is 1.80 bits per heavy atom. The number of halogens is 5. The van der Waals surface area contributed by atoms with E-state index in [-0.39, 0.29) is 5.56 Å². The molecule has 1 unspecified atom stereocenters. The van der Waals surface area contributed by atoms with Gasteiger partial charge in [-0.2, -0.15) is 0 Å². The zero-order valence-corrected chi connectivity index (χ0v) is 13.7. The summed E-state index contributed by atoms with van der Waals surface area (Å²) in [6, 6.07) is 7.85. The highest BCUT2D eigenvalue weighted by Crippen LogP contribution is 2.33. The maximum absolute atomic E-state index is 14.0. The Morgan fingerprint density at radius 3 is 2.45 bits per heavy atom. The minimum atomic E-state index is -0.560. The summed E-state index contributed by atoms with van der Waals surface area (Å²) >= 11 is 15.1. The first-order valence-corrected chi connectivity index (χ1v) is 7.59. The Morgan fingerprint density at radius 1 is 1.10 bits per heavy atom. The van der Waals surface area contributed by atoms with E-state index in [1.54, 1.807) is 25.1 Å². The van der Waals surface area contributed by atoms with Gasteiger partial charge in [0, 0.05) is 10.4 Å². The maximum Gasteiger partial charge on any atom is 0.133 e. The summed E-state index contributed by atoms with van der Waals surface area (Å²) in [5.74, 6) is -1.08. The van der Waals surface area contributed by atoms with Crippen molar-refractivity contribution in [1.29, 1.82) is 0 Å². The number of alkyl halides is 1. The van der Waals surface area contributed by atoms with Crippen molar-refractivity contribution >= 4 is 39.1 Å². The average Bonchev–Trinajstić information content (AvgIpc) is 2.39. The van der Waals surface area contributed by atoms with E-state index < -0.39 is 16.5 Å². The zero-order valence-electron chi connectivity index (χ0n) is 10.6. The highest BCUT2D eigenvalue weighted by molar-refractivity contribution is 9.09. The van der Waals surface area contributed by atoms with Crippen molar-refractivity contribution in [2.45, 2.75) is 18.2 Å². The molecule has 0 aliphatic carbocycles. The molecule has 1 atom stereocenters. The molecule has 0 fully saturated rings. The van der Waals surface area contributed by atoms with Crippen LogP contribution in [0.5, 0.6) is 0 Å². The van der Waals surface area contributed by atoms with E-state index >= 15 is 0 Å². The van der Waals surface area contributed by atoms with Crippen LogP contribution in [0.1, 0.15) is 21.5 Å². The SMILES string of the molecule is Cc1ccc(F)c(C(Br)Cc2ccc(Cl)c(Cl)c2)c1F. The van der Waals surface area contributed by atoms with Gasteiger partial charge < -0.3 is 0 Å². The van der Waals surface area contributed by atoms with E-state index in [1.165, 1.54) is 12.1 Å². The molecule has 0 aliphatic heterocycles. The number of benzene rings is 2. The van der Waals surface area contributed by atoms with Crippen molar-refractivity contribution in [3.8, 4) is 0 Å². The number of hydrogen-bond acceptors (Lipinski definition) is 0. The fourth-order valence-electron chi connectivity index (χ4n) is 1.94. The summed E-state index contributed by atoms with van der Waals surface area (Å²) < 4.78 is 27.9. The van der Waals surface area contributed by atoms with Crippen molar-refractivity contribution in [3.63, 3.8) is 0 Å². The Hall–Kier alpha value is -0.640. The normalized spacial score (nSPS) is 12.5. The van der Waals surface area contributed by atoms with Crippen LogP contribution in [0.15, 0.2) is 30.3 Å². The summed E-state index contributed by atoms with van der Waals surface area (Å²) in [5, 5.41) is 0.878. The first-order chi connectivity index (χ1) is 9.40. The number of rotatable bonds is 3. The fraction of sp³-hybridized carbons (Fsp3) is 0.200.